The molecule has 0 aliphatic heterocycles. The second-order valence-corrected chi connectivity index (χ2v) is 4.28. The van der Waals surface area contributed by atoms with Gasteiger partial charge in [-0.05, 0) is 24.3 Å². The predicted octanol–water partition coefficient (Wildman–Crippen LogP) is 2.91. The number of ether oxygens (including phenoxy) is 1. The summed E-state index contributed by atoms with van der Waals surface area (Å²) in [5.41, 5.74) is 6.02. The van der Waals surface area contributed by atoms with Crippen LogP contribution in [-0.2, 0) is 0 Å². The van der Waals surface area contributed by atoms with Gasteiger partial charge < -0.3 is 10.5 Å². The number of fused-ring (bicyclic) bond motifs is 1. The van der Waals surface area contributed by atoms with Crippen LogP contribution in [0.4, 0.5) is 11.5 Å². The quantitative estimate of drug-likeness (QED) is 0.585. The monoisotopic (exact) mass is 282 g/mol. The van der Waals surface area contributed by atoms with Crippen molar-refractivity contribution in [3.8, 4) is 11.6 Å². The first-order valence-electron chi connectivity index (χ1n) is 6.07. The number of rotatable bonds is 3. The number of nitrogens with zero attached hydrogens (tertiary/aromatic N) is 3. The Hall–Kier alpha value is -3.22. The fourth-order valence-electron chi connectivity index (χ4n) is 1.88. The van der Waals surface area contributed by atoms with Gasteiger partial charge in [-0.3, -0.25) is 15.1 Å². The minimum atomic E-state index is -0.568. The fourth-order valence-corrected chi connectivity index (χ4v) is 1.88. The molecule has 0 saturated heterocycles. The summed E-state index contributed by atoms with van der Waals surface area (Å²) >= 11 is 0. The second-order valence-electron chi connectivity index (χ2n) is 4.28. The first kappa shape index (κ1) is 12.8. The lowest BCUT2D eigenvalue weighted by Gasteiger charge is -2.06. The summed E-state index contributed by atoms with van der Waals surface area (Å²) < 4.78 is 5.49. The van der Waals surface area contributed by atoms with Gasteiger partial charge >= 0.3 is 11.6 Å². The van der Waals surface area contributed by atoms with E-state index >= 15 is 0 Å². The molecule has 2 heterocycles. The number of hydrogen-bond acceptors (Lipinski definition) is 6. The van der Waals surface area contributed by atoms with Crippen LogP contribution in [0, 0.1) is 10.1 Å². The van der Waals surface area contributed by atoms with Gasteiger partial charge in [-0.1, -0.05) is 6.07 Å². The van der Waals surface area contributed by atoms with Crippen molar-refractivity contribution >= 4 is 22.4 Å². The Kier molecular flexibility index (Phi) is 3.07. The molecule has 0 spiro atoms. The third-order valence-electron chi connectivity index (χ3n) is 2.85. The van der Waals surface area contributed by atoms with Crippen molar-refractivity contribution in [2.75, 3.05) is 5.73 Å². The van der Waals surface area contributed by atoms with E-state index in [2.05, 4.69) is 9.97 Å². The van der Waals surface area contributed by atoms with Crippen LogP contribution in [-0.4, -0.2) is 14.9 Å². The highest BCUT2D eigenvalue weighted by molar-refractivity contribution is 5.79. The molecule has 104 valence electrons. The summed E-state index contributed by atoms with van der Waals surface area (Å²) in [6, 6.07) is 11.5. The van der Waals surface area contributed by atoms with E-state index in [1.54, 1.807) is 18.3 Å². The van der Waals surface area contributed by atoms with Crippen molar-refractivity contribution in [2.24, 2.45) is 0 Å². The Labute approximate surface area is 119 Å². The SMILES string of the molecule is Nc1ccc([N+](=O)[O-])c(Oc2ccc3cccnc3c2)n1. The Balaban J connectivity index is 2.02. The van der Waals surface area contributed by atoms with Gasteiger partial charge in [-0.2, -0.15) is 4.98 Å². The van der Waals surface area contributed by atoms with Gasteiger partial charge in [-0.25, -0.2) is 0 Å². The molecule has 2 N–H and O–H groups in total. The zero-order chi connectivity index (χ0) is 14.8. The molecule has 7 heteroatoms. The molecule has 0 bridgehead atoms. The normalized spacial score (nSPS) is 10.5. The Bertz CT molecular complexity index is 835. The van der Waals surface area contributed by atoms with Gasteiger partial charge in [0.25, 0.3) is 0 Å². The lowest BCUT2D eigenvalue weighted by Crippen LogP contribution is -1.99. The Morgan fingerprint density at radius 3 is 2.86 bits per heavy atom. The van der Waals surface area contributed by atoms with Crippen LogP contribution in [0.25, 0.3) is 10.9 Å². The van der Waals surface area contributed by atoms with Crippen molar-refractivity contribution < 1.29 is 9.66 Å². The number of aromatic nitrogens is 2. The molecule has 0 aliphatic carbocycles. The van der Waals surface area contributed by atoms with Crippen LogP contribution >= 0.6 is 0 Å². The summed E-state index contributed by atoms with van der Waals surface area (Å²) in [4.78, 5) is 18.5. The highest BCUT2D eigenvalue weighted by atomic mass is 16.6. The van der Waals surface area contributed by atoms with Crippen LogP contribution < -0.4 is 10.5 Å². The van der Waals surface area contributed by atoms with E-state index in [0.29, 0.717) is 5.75 Å². The topological polar surface area (TPSA) is 104 Å². The van der Waals surface area contributed by atoms with Gasteiger partial charge in [0.15, 0.2) is 0 Å². The standard InChI is InChI=1S/C14H10N4O3/c15-13-6-5-12(18(19)20)14(17-13)21-10-4-3-9-2-1-7-16-11(9)8-10/h1-8H,(H2,15,17). The molecule has 0 saturated carbocycles. The Morgan fingerprint density at radius 2 is 2.05 bits per heavy atom. The number of pyridine rings is 2. The Morgan fingerprint density at radius 1 is 1.19 bits per heavy atom. The van der Waals surface area contributed by atoms with Crippen LogP contribution in [0.1, 0.15) is 0 Å². The van der Waals surface area contributed by atoms with Gasteiger partial charge in [0.05, 0.1) is 10.4 Å². The number of nitrogen functional groups attached to an aromatic ring is 1. The van der Waals surface area contributed by atoms with Crippen molar-refractivity contribution in [3.63, 3.8) is 0 Å². The molecule has 21 heavy (non-hydrogen) atoms. The summed E-state index contributed by atoms with van der Waals surface area (Å²) in [7, 11) is 0. The van der Waals surface area contributed by atoms with Gasteiger partial charge in [0, 0.05) is 23.7 Å². The van der Waals surface area contributed by atoms with E-state index in [4.69, 9.17) is 10.5 Å². The molecule has 2 aromatic heterocycles. The first-order chi connectivity index (χ1) is 10.1. The minimum Gasteiger partial charge on any atom is -0.434 e. The highest BCUT2D eigenvalue weighted by Crippen LogP contribution is 2.31. The number of hydrogen-bond donors (Lipinski definition) is 1. The molecular formula is C14H10N4O3. The van der Waals surface area contributed by atoms with Gasteiger partial charge in [-0.15, -0.1) is 0 Å². The van der Waals surface area contributed by atoms with Crippen LogP contribution in [0.15, 0.2) is 48.7 Å². The molecule has 0 atom stereocenters. The van der Waals surface area contributed by atoms with Crippen molar-refractivity contribution in [2.45, 2.75) is 0 Å². The fraction of sp³-hybridized carbons (Fsp3) is 0. The van der Waals surface area contributed by atoms with E-state index in [9.17, 15) is 10.1 Å². The molecule has 0 amide bonds. The molecule has 3 rings (SSSR count). The molecule has 0 radical (unpaired) electrons. The smallest absolute Gasteiger partial charge is 0.331 e. The molecular weight excluding hydrogens is 272 g/mol. The van der Waals surface area contributed by atoms with Crippen molar-refractivity contribution in [1.29, 1.82) is 0 Å². The number of nitrogens with two attached hydrogens (primary N) is 1. The van der Waals surface area contributed by atoms with Crippen molar-refractivity contribution in [3.05, 3.63) is 58.8 Å². The third-order valence-corrected chi connectivity index (χ3v) is 2.85. The molecule has 0 aliphatic rings. The van der Waals surface area contributed by atoms with E-state index in [1.165, 1.54) is 12.1 Å². The van der Waals surface area contributed by atoms with Crippen molar-refractivity contribution in [1.82, 2.24) is 9.97 Å². The summed E-state index contributed by atoms with van der Waals surface area (Å²) in [5.74, 6) is 0.409. The highest BCUT2D eigenvalue weighted by Gasteiger charge is 2.18. The maximum atomic E-state index is 11.0. The molecule has 3 aromatic rings. The second kappa shape index (κ2) is 5.04. The number of anilines is 1. The summed E-state index contributed by atoms with van der Waals surface area (Å²) in [6.07, 6.45) is 1.66. The average Bonchev–Trinajstić information content (AvgIpc) is 2.47. The van der Waals surface area contributed by atoms with Crippen LogP contribution in [0.2, 0.25) is 0 Å². The predicted molar refractivity (Wildman–Crippen MR) is 77.1 cm³/mol. The van der Waals surface area contributed by atoms with Crippen LogP contribution in [0.5, 0.6) is 11.6 Å². The maximum absolute atomic E-state index is 11.0. The van der Waals surface area contributed by atoms with E-state index in [1.807, 2.05) is 18.2 Å². The lowest BCUT2D eigenvalue weighted by atomic mass is 10.2. The number of nitro groups is 1. The first-order valence-corrected chi connectivity index (χ1v) is 6.07. The largest absolute Gasteiger partial charge is 0.434 e. The van der Waals surface area contributed by atoms with E-state index in [-0.39, 0.29) is 17.4 Å². The lowest BCUT2D eigenvalue weighted by molar-refractivity contribution is -0.386. The number of benzene rings is 1. The van der Waals surface area contributed by atoms with E-state index in [0.717, 1.165) is 10.9 Å². The summed E-state index contributed by atoms with van der Waals surface area (Å²) in [5, 5.41) is 11.9. The average molecular weight is 282 g/mol. The maximum Gasteiger partial charge on any atom is 0.331 e. The van der Waals surface area contributed by atoms with Crippen LogP contribution in [0.3, 0.4) is 0 Å². The zero-order valence-corrected chi connectivity index (χ0v) is 10.8. The third kappa shape index (κ3) is 2.57. The van der Waals surface area contributed by atoms with Gasteiger partial charge in [0.1, 0.15) is 11.6 Å². The van der Waals surface area contributed by atoms with E-state index < -0.39 is 4.92 Å². The van der Waals surface area contributed by atoms with Gasteiger partial charge in [0.2, 0.25) is 0 Å². The summed E-state index contributed by atoms with van der Waals surface area (Å²) in [6.45, 7) is 0. The molecule has 7 nitrogen and oxygen atoms in total. The zero-order valence-electron chi connectivity index (χ0n) is 10.8. The molecule has 0 fully saturated rings. The minimum absolute atomic E-state index is 0.143. The molecule has 0 unspecified atom stereocenters. The molecule has 1 aromatic carbocycles.